The molecule has 0 aliphatic carbocycles. The van der Waals surface area contributed by atoms with Crippen molar-refractivity contribution in [1.29, 1.82) is 0 Å². The van der Waals surface area contributed by atoms with Crippen molar-refractivity contribution < 1.29 is 14.3 Å². The summed E-state index contributed by atoms with van der Waals surface area (Å²) in [4.78, 5) is 12.6. The molecule has 0 fully saturated rings. The van der Waals surface area contributed by atoms with Crippen LogP contribution in [-0.2, 0) is 4.79 Å². The maximum atomic E-state index is 12.6. The molecule has 4 nitrogen and oxygen atoms in total. The average Bonchev–Trinajstić information content (AvgIpc) is 2.78. The van der Waals surface area contributed by atoms with Crippen LogP contribution >= 0.6 is 0 Å². The van der Waals surface area contributed by atoms with Crippen LogP contribution in [0.1, 0.15) is 13.3 Å². The Labute approximate surface area is 171 Å². The topological polar surface area (TPSA) is 47.6 Å². The zero-order valence-corrected chi connectivity index (χ0v) is 16.5. The highest BCUT2D eigenvalue weighted by Gasteiger charge is 2.18. The molecule has 3 aromatic carbocycles. The van der Waals surface area contributed by atoms with E-state index in [0.717, 1.165) is 16.9 Å². The van der Waals surface area contributed by atoms with E-state index in [9.17, 15) is 4.79 Å². The number of ether oxygens (including phenoxy) is 2. The highest BCUT2D eigenvalue weighted by molar-refractivity contribution is 5.94. The molecule has 0 spiro atoms. The van der Waals surface area contributed by atoms with Crippen LogP contribution in [0.15, 0.2) is 91.5 Å². The number of anilines is 1. The molecule has 148 valence electrons. The van der Waals surface area contributed by atoms with E-state index >= 15 is 0 Å². The van der Waals surface area contributed by atoms with Gasteiger partial charge in [-0.2, -0.15) is 0 Å². The monoisotopic (exact) mass is 387 g/mol. The first-order chi connectivity index (χ1) is 14.2. The number of nitrogens with one attached hydrogen (secondary N) is 1. The molecule has 0 bridgehead atoms. The minimum absolute atomic E-state index is 0.181. The normalized spacial score (nSPS) is 11.3. The summed E-state index contributed by atoms with van der Waals surface area (Å²) in [5, 5.41) is 2.89. The maximum absolute atomic E-state index is 12.6. The number of hydrogen-bond donors (Lipinski definition) is 1. The molecule has 0 aromatic heterocycles. The van der Waals surface area contributed by atoms with Crippen LogP contribution in [-0.4, -0.2) is 18.6 Å². The molecular formula is C25H25NO3. The standard InChI is InChI=1S/C25H25NO3/c1-3-18-28-22-16-12-21(13-17-22)26-25(27)24(4-2)29-23-14-10-20(11-15-23)19-8-6-5-7-9-19/h3,5-17,24H,1,4,18H2,2H3,(H,26,27). The van der Waals surface area contributed by atoms with Gasteiger partial charge in [-0.25, -0.2) is 0 Å². The Bertz CT molecular complexity index is 919. The summed E-state index contributed by atoms with van der Waals surface area (Å²) < 4.78 is 11.4. The van der Waals surface area contributed by atoms with Crippen molar-refractivity contribution in [2.75, 3.05) is 11.9 Å². The maximum Gasteiger partial charge on any atom is 0.265 e. The minimum atomic E-state index is -0.575. The molecule has 0 saturated heterocycles. The molecular weight excluding hydrogens is 362 g/mol. The Morgan fingerprint density at radius 2 is 1.55 bits per heavy atom. The number of amides is 1. The van der Waals surface area contributed by atoms with Gasteiger partial charge in [-0.15, -0.1) is 0 Å². The number of carbonyl (C=O) groups excluding carboxylic acids is 1. The summed E-state index contributed by atoms with van der Waals surface area (Å²) >= 11 is 0. The highest BCUT2D eigenvalue weighted by atomic mass is 16.5. The van der Waals surface area contributed by atoms with E-state index in [1.165, 1.54) is 0 Å². The molecule has 29 heavy (non-hydrogen) atoms. The molecule has 0 saturated carbocycles. The van der Waals surface area contributed by atoms with Gasteiger partial charge in [-0.3, -0.25) is 4.79 Å². The molecule has 0 aliphatic heterocycles. The van der Waals surface area contributed by atoms with Crippen LogP contribution in [0.3, 0.4) is 0 Å². The second-order valence-corrected chi connectivity index (χ2v) is 6.52. The Hall–Kier alpha value is -3.53. The molecule has 3 aromatic rings. The van der Waals surface area contributed by atoms with Crippen molar-refractivity contribution in [2.45, 2.75) is 19.4 Å². The van der Waals surface area contributed by atoms with Crippen LogP contribution in [0.25, 0.3) is 11.1 Å². The minimum Gasteiger partial charge on any atom is -0.490 e. The van der Waals surface area contributed by atoms with Gasteiger partial charge in [-0.05, 0) is 53.9 Å². The summed E-state index contributed by atoms with van der Waals surface area (Å²) in [6, 6.07) is 25.1. The van der Waals surface area contributed by atoms with Crippen molar-refractivity contribution in [3.8, 4) is 22.6 Å². The zero-order chi connectivity index (χ0) is 20.5. The Morgan fingerprint density at radius 3 is 2.17 bits per heavy atom. The van der Waals surface area contributed by atoms with Crippen LogP contribution < -0.4 is 14.8 Å². The second-order valence-electron chi connectivity index (χ2n) is 6.52. The van der Waals surface area contributed by atoms with Gasteiger partial charge in [0, 0.05) is 5.69 Å². The van der Waals surface area contributed by atoms with E-state index in [1.54, 1.807) is 18.2 Å². The predicted octanol–water partition coefficient (Wildman–Crippen LogP) is 5.71. The summed E-state index contributed by atoms with van der Waals surface area (Å²) in [6.45, 7) is 5.99. The molecule has 3 rings (SSSR count). The average molecular weight is 387 g/mol. The smallest absolute Gasteiger partial charge is 0.265 e. The fraction of sp³-hybridized carbons (Fsp3) is 0.160. The Morgan fingerprint density at radius 1 is 0.931 bits per heavy atom. The summed E-state index contributed by atoms with van der Waals surface area (Å²) in [5.41, 5.74) is 2.95. The largest absolute Gasteiger partial charge is 0.490 e. The van der Waals surface area contributed by atoms with Gasteiger partial charge in [0.15, 0.2) is 6.10 Å². The third kappa shape index (κ3) is 5.72. The van der Waals surface area contributed by atoms with Crippen LogP contribution in [0.4, 0.5) is 5.69 Å². The van der Waals surface area contributed by atoms with E-state index in [1.807, 2.05) is 61.5 Å². The lowest BCUT2D eigenvalue weighted by Gasteiger charge is -2.18. The van der Waals surface area contributed by atoms with Gasteiger partial charge in [0.1, 0.15) is 18.1 Å². The molecule has 1 N–H and O–H groups in total. The van der Waals surface area contributed by atoms with Gasteiger partial charge < -0.3 is 14.8 Å². The number of benzene rings is 3. The predicted molar refractivity (Wildman–Crippen MR) is 117 cm³/mol. The molecule has 4 heteroatoms. The first kappa shape index (κ1) is 20.2. The summed E-state index contributed by atoms with van der Waals surface area (Å²) in [6.07, 6.45) is 1.67. The number of rotatable bonds is 9. The fourth-order valence-corrected chi connectivity index (χ4v) is 2.86. The Balaban J connectivity index is 1.60. The lowest BCUT2D eigenvalue weighted by molar-refractivity contribution is -0.122. The lowest BCUT2D eigenvalue weighted by Crippen LogP contribution is -2.32. The third-order valence-electron chi connectivity index (χ3n) is 4.39. The summed E-state index contributed by atoms with van der Waals surface area (Å²) in [7, 11) is 0. The zero-order valence-electron chi connectivity index (χ0n) is 16.5. The van der Waals surface area contributed by atoms with Crippen molar-refractivity contribution in [3.05, 3.63) is 91.5 Å². The first-order valence-electron chi connectivity index (χ1n) is 9.66. The van der Waals surface area contributed by atoms with Crippen molar-refractivity contribution >= 4 is 11.6 Å². The van der Waals surface area contributed by atoms with Crippen molar-refractivity contribution in [1.82, 2.24) is 0 Å². The molecule has 0 radical (unpaired) electrons. The van der Waals surface area contributed by atoms with Crippen molar-refractivity contribution in [2.24, 2.45) is 0 Å². The molecule has 0 heterocycles. The second kappa shape index (κ2) is 10.1. The van der Waals surface area contributed by atoms with E-state index < -0.39 is 6.10 Å². The van der Waals surface area contributed by atoms with E-state index in [4.69, 9.17) is 9.47 Å². The highest BCUT2D eigenvalue weighted by Crippen LogP contribution is 2.23. The molecule has 0 aliphatic rings. The van der Waals surface area contributed by atoms with Crippen LogP contribution in [0.2, 0.25) is 0 Å². The van der Waals surface area contributed by atoms with Crippen LogP contribution in [0.5, 0.6) is 11.5 Å². The summed E-state index contributed by atoms with van der Waals surface area (Å²) in [5.74, 6) is 1.21. The van der Waals surface area contributed by atoms with Gasteiger partial charge in [0.05, 0.1) is 0 Å². The van der Waals surface area contributed by atoms with Gasteiger partial charge in [-0.1, -0.05) is 62.0 Å². The molecule has 1 unspecified atom stereocenters. The number of carbonyl (C=O) groups is 1. The lowest BCUT2D eigenvalue weighted by atomic mass is 10.1. The molecule has 1 atom stereocenters. The third-order valence-corrected chi connectivity index (χ3v) is 4.39. The first-order valence-corrected chi connectivity index (χ1v) is 9.66. The van der Waals surface area contributed by atoms with E-state index in [2.05, 4.69) is 24.0 Å². The van der Waals surface area contributed by atoms with E-state index in [0.29, 0.717) is 24.5 Å². The van der Waals surface area contributed by atoms with Gasteiger partial charge in [0.2, 0.25) is 0 Å². The van der Waals surface area contributed by atoms with E-state index in [-0.39, 0.29) is 5.91 Å². The number of hydrogen-bond acceptors (Lipinski definition) is 3. The molecule has 1 amide bonds. The van der Waals surface area contributed by atoms with Gasteiger partial charge in [0.25, 0.3) is 5.91 Å². The Kier molecular flexibility index (Phi) is 7.06. The SMILES string of the molecule is C=CCOc1ccc(NC(=O)C(CC)Oc2ccc(-c3ccccc3)cc2)cc1. The van der Waals surface area contributed by atoms with Gasteiger partial charge >= 0.3 is 0 Å². The fourth-order valence-electron chi connectivity index (χ4n) is 2.86. The van der Waals surface area contributed by atoms with Crippen LogP contribution in [0, 0.1) is 0 Å². The van der Waals surface area contributed by atoms with Crippen molar-refractivity contribution in [3.63, 3.8) is 0 Å². The quantitative estimate of drug-likeness (QED) is 0.478.